The van der Waals surface area contributed by atoms with E-state index >= 15 is 0 Å². The molecule has 1 aliphatic heterocycles. The number of esters is 1. The van der Waals surface area contributed by atoms with Gasteiger partial charge in [-0.25, -0.2) is 13.1 Å². The quantitative estimate of drug-likeness (QED) is 0.668. The van der Waals surface area contributed by atoms with Gasteiger partial charge in [0.2, 0.25) is 15.9 Å². The van der Waals surface area contributed by atoms with Crippen LogP contribution in [0.25, 0.3) is 0 Å². The first-order valence-corrected chi connectivity index (χ1v) is 10.5. The predicted molar refractivity (Wildman–Crippen MR) is 102 cm³/mol. The summed E-state index contributed by atoms with van der Waals surface area (Å²) in [6.45, 7) is 5.17. The molecule has 0 aromatic heterocycles. The van der Waals surface area contributed by atoms with E-state index in [4.69, 9.17) is 4.74 Å². The summed E-state index contributed by atoms with van der Waals surface area (Å²) in [6, 6.07) is 4.76. The fourth-order valence-corrected chi connectivity index (χ4v) is 4.13. The molecule has 9 heteroatoms. The first kappa shape index (κ1) is 21.3. The van der Waals surface area contributed by atoms with Crippen LogP contribution in [0.2, 0.25) is 0 Å². The van der Waals surface area contributed by atoms with Gasteiger partial charge in [0.1, 0.15) is 0 Å². The Labute approximate surface area is 160 Å². The van der Waals surface area contributed by atoms with Crippen molar-refractivity contribution in [2.45, 2.75) is 31.6 Å². The van der Waals surface area contributed by atoms with Crippen LogP contribution in [-0.2, 0) is 24.3 Å². The van der Waals surface area contributed by atoms with Crippen molar-refractivity contribution in [1.29, 1.82) is 0 Å². The Kier molecular flexibility index (Phi) is 7.34. The average Bonchev–Trinajstić information content (AvgIpc) is 2.63. The van der Waals surface area contributed by atoms with Gasteiger partial charge in [-0.05, 0) is 58.0 Å². The van der Waals surface area contributed by atoms with Gasteiger partial charge >= 0.3 is 5.97 Å². The zero-order valence-electron chi connectivity index (χ0n) is 15.9. The highest BCUT2D eigenvalue weighted by atomic mass is 32.2. The molecule has 0 aliphatic carbocycles. The lowest BCUT2D eigenvalue weighted by Crippen LogP contribution is -2.43. The number of hydrogen-bond donors (Lipinski definition) is 2. The van der Waals surface area contributed by atoms with Crippen LogP contribution in [0.5, 0.6) is 0 Å². The van der Waals surface area contributed by atoms with Crippen molar-refractivity contribution in [2.75, 3.05) is 38.6 Å². The van der Waals surface area contributed by atoms with Gasteiger partial charge in [-0.3, -0.25) is 14.5 Å². The van der Waals surface area contributed by atoms with E-state index in [0.29, 0.717) is 24.4 Å². The maximum Gasteiger partial charge on any atom is 0.310 e. The summed E-state index contributed by atoms with van der Waals surface area (Å²) in [5, 5.41) is 2.73. The topological polar surface area (TPSA) is 105 Å². The molecular weight excluding hydrogens is 370 g/mol. The van der Waals surface area contributed by atoms with Gasteiger partial charge in [0.05, 0.1) is 24.0 Å². The molecule has 27 heavy (non-hydrogen) atoms. The summed E-state index contributed by atoms with van der Waals surface area (Å²) in [7, 11) is -2.26. The van der Waals surface area contributed by atoms with Crippen LogP contribution >= 0.6 is 0 Å². The number of likely N-dealkylation sites (tertiary alicyclic amines) is 1. The third-order valence-electron chi connectivity index (χ3n) is 4.52. The number of hydrogen-bond acceptors (Lipinski definition) is 6. The van der Waals surface area contributed by atoms with Crippen LogP contribution in [-0.4, -0.2) is 58.5 Å². The van der Waals surface area contributed by atoms with E-state index < -0.39 is 10.0 Å². The molecule has 1 aliphatic rings. The second-order valence-electron chi connectivity index (χ2n) is 6.56. The molecule has 150 valence electrons. The summed E-state index contributed by atoms with van der Waals surface area (Å²) in [5.41, 5.74) is 1.01. The minimum absolute atomic E-state index is 0.128. The van der Waals surface area contributed by atoms with Gasteiger partial charge in [-0.1, -0.05) is 6.07 Å². The fourth-order valence-electron chi connectivity index (χ4n) is 3.13. The highest BCUT2D eigenvalue weighted by Gasteiger charge is 2.27. The number of nitrogens with zero attached hydrogens (tertiary/aromatic N) is 1. The highest BCUT2D eigenvalue weighted by Crippen LogP contribution is 2.21. The van der Waals surface area contributed by atoms with Gasteiger partial charge in [0, 0.05) is 12.2 Å². The van der Waals surface area contributed by atoms with Crippen LogP contribution in [0, 0.1) is 12.8 Å². The normalized spacial score (nSPS) is 18.1. The molecule has 2 rings (SSSR count). The molecule has 0 unspecified atom stereocenters. The lowest BCUT2D eigenvalue weighted by molar-refractivity contribution is -0.150. The molecule has 0 spiro atoms. The smallest absolute Gasteiger partial charge is 0.310 e. The molecule has 8 nitrogen and oxygen atoms in total. The van der Waals surface area contributed by atoms with E-state index in [0.717, 1.165) is 19.4 Å². The fraction of sp³-hybridized carbons (Fsp3) is 0.556. The molecule has 0 radical (unpaired) electrons. The maximum atomic E-state index is 12.4. The van der Waals surface area contributed by atoms with Crippen LogP contribution < -0.4 is 10.0 Å². The zero-order valence-corrected chi connectivity index (χ0v) is 16.8. The van der Waals surface area contributed by atoms with Crippen LogP contribution in [0.3, 0.4) is 0 Å². The Morgan fingerprint density at radius 3 is 2.74 bits per heavy atom. The van der Waals surface area contributed by atoms with Crippen LogP contribution in [0.4, 0.5) is 5.69 Å². The van der Waals surface area contributed by atoms with Gasteiger partial charge in [0.25, 0.3) is 0 Å². The minimum atomic E-state index is -3.60. The molecule has 1 aromatic rings. The number of sulfonamides is 1. The average molecular weight is 397 g/mol. The Bertz CT molecular complexity index is 794. The van der Waals surface area contributed by atoms with Crippen molar-refractivity contribution in [1.82, 2.24) is 9.62 Å². The van der Waals surface area contributed by atoms with Gasteiger partial charge in [-0.15, -0.1) is 0 Å². The summed E-state index contributed by atoms with van der Waals surface area (Å²) in [6.07, 6.45) is 1.59. The molecule has 1 heterocycles. The largest absolute Gasteiger partial charge is 0.466 e. The number of benzene rings is 1. The summed E-state index contributed by atoms with van der Waals surface area (Å²) in [4.78, 5) is 26.3. The van der Waals surface area contributed by atoms with E-state index in [1.807, 2.05) is 4.90 Å². The first-order chi connectivity index (χ1) is 12.8. The Morgan fingerprint density at radius 1 is 1.33 bits per heavy atom. The second-order valence-corrected chi connectivity index (χ2v) is 8.42. The highest BCUT2D eigenvalue weighted by molar-refractivity contribution is 7.89. The molecule has 0 bridgehead atoms. The monoisotopic (exact) mass is 397 g/mol. The number of carbonyl (C=O) groups excluding carboxylic acids is 2. The summed E-state index contributed by atoms with van der Waals surface area (Å²) >= 11 is 0. The van der Waals surface area contributed by atoms with Gasteiger partial charge < -0.3 is 10.1 Å². The number of nitrogens with one attached hydrogen (secondary N) is 2. The van der Waals surface area contributed by atoms with E-state index in [9.17, 15) is 18.0 Å². The Balaban J connectivity index is 2.00. The molecule has 0 saturated carbocycles. The molecule has 2 N–H and O–H groups in total. The lowest BCUT2D eigenvalue weighted by atomic mass is 9.98. The number of piperidine rings is 1. The zero-order chi connectivity index (χ0) is 20.0. The van der Waals surface area contributed by atoms with Crippen molar-refractivity contribution in [3.8, 4) is 0 Å². The van der Waals surface area contributed by atoms with Crippen molar-refractivity contribution >= 4 is 27.6 Å². The molecular formula is C18H27N3O5S. The van der Waals surface area contributed by atoms with Crippen LogP contribution in [0.15, 0.2) is 23.1 Å². The standard InChI is InChI=1S/C18H27N3O5S/c1-4-26-18(23)14-6-5-9-21(11-14)12-17(22)20-15-8-7-13(2)16(10-15)27(24,25)19-3/h7-8,10,14,19H,4-6,9,11-12H2,1-3H3,(H,20,22)/t14-/m1/s1. The van der Waals surface area contributed by atoms with E-state index in [2.05, 4.69) is 10.0 Å². The summed E-state index contributed by atoms with van der Waals surface area (Å²) < 4.78 is 31.5. The number of carbonyl (C=O) groups is 2. The number of ether oxygens (including phenoxy) is 1. The maximum absolute atomic E-state index is 12.4. The van der Waals surface area contributed by atoms with E-state index in [-0.39, 0.29) is 29.2 Å². The molecule has 1 fully saturated rings. The third kappa shape index (κ3) is 5.75. The Hall–Kier alpha value is -1.97. The number of rotatable bonds is 7. The first-order valence-electron chi connectivity index (χ1n) is 9.00. The van der Waals surface area contributed by atoms with E-state index in [1.54, 1.807) is 26.0 Å². The summed E-state index contributed by atoms with van der Waals surface area (Å²) in [5.74, 6) is -0.683. The van der Waals surface area contributed by atoms with Crippen molar-refractivity contribution in [2.24, 2.45) is 5.92 Å². The number of amides is 1. The van der Waals surface area contributed by atoms with Crippen molar-refractivity contribution in [3.05, 3.63) is 23.8 Å². The third-order valence-corrected chi connectivity index (χ3v) is 6.08. The molecule has 1 amide bonds. The number of aryl methyl sites for hydroxylation is 1. The van der Waals surface area contributed by atoms with Crippen molar-refractivity contribution < 1.29 is 22.7 Å². The molecule has 1 aromatic carbocycles. The second kappa shape index (κ2) is 9.29. The number of anilines is 1. The van der Waals surface area contributed by atoms with Crippen LogP contribution in [0.1, 0.15) is 25.3 Å². The molecule has 1 saturated heterocycles. The predicted octanol–water partition coefficient (Wildman–Crippen LogP) is 1.12. The van der Waals surface area contributed by atoms with E-state index in [1.165, 1.54) is 13.1 Å². The minimum Gasteiger partial charge on any atom is -0.466 e. The SMILES string of the molecule is CCOC(=O)[C@@H]1CCCN(CC(=O)Nc2ccc(C)c(S(=O)(=O)NC)c2)C1. The van der Waals surface area contributed by atoms with Gasteiger partial charge in [-0.2, -0.15) is 0 Å². The molecule has 1 atom stereocenters. The lowest BCUT2D eigenvalue weighted by Gasteiger charge is -2.30. The van der Waals surface area contributed by atoms with Gasteiger partial charge in [0.15, 0.2) is 0 Å². The van der Waals surface area contributed by atoms with Crippen molar-refractivity contribution in [3.63, 3.8) is 0 Å². The Morgan fingerprint density at radius 2 is 2.07 bits per heavy atom.